The van der Waals surface area contributed by atoms with E-state index in [1.807, 2.05) is 39.0 Å². The minimum atomic E-state index is -0.473. The smallest absolute Gasteiger partial charge is 0.408 e. The number of rotatable bonds is 3. The fourth-order valence-corrected chi connectivity index (χ4v) is 2.53. The van der Waals surface area contributed by atoms with Gasteiger partial charge in [0.1, 0.15) is 5.60 Å². The van der Waals surface area contributed by atoms with Gasteiger partial charge in [0, 0.05) is 6.54 Å². The third-order valence-corrected chi connectivity index (χ3v) is 3.40. The molecule has 110 valence electrons. The SMILES string of the molecule is CC(C)(C)OC(=O)N[C@H](c1ccccc1)[C@@H]1CCNC1. The average Bonchev–Trinajstić information content (AvgIpc) is 2.88. The van der Waals surface area contributed by atoms with Crippen LogP contribution in [-0.4, -0.2) is 24.8 Å². The first-order chi connectivity index (χ1) is 9.46. The van der Waals surface area contributed by atoms with E-state index in [1.54, 1.807) is 0 Å². The molecule has 1 amide bonds. The van der Waals surface area contributed by atoms with Gasteiger partial charge in [0.2, 0.25) is 0 Å². The summed E-state index contributed by atoms with van der Waals surface area (Å²) in [5.74, 6) is 0.407. The minimum absolute atomic E-state index is 0.000972. The van der Waals surface area contributed by atoms with Crippen LogP contribution in [-0.2, 0) is 4.74 Å². The lowest BCUT2D eigenvalue weighted by molar-refractivity contribution is 0.0487. The molecule has 1 aromatic rings. The number of amides is 1. The fourth-order valence-electron chi connectivity index (χ4n) is 2.53. The quantitative estimate of drug-likeness (QED) is 0.892. The van der Waals surface area contributed by atoms with Crippen molar-refractivity contribution in [2.75, 3.05) is 13.1 Å². The van der Waals surface area contributed by atoms with Gasteiger partial charge < -0.3 is 15.4 Å². The van der Waals surface area contributed by atoms with Crippen LogP contribution in [0.1, 0.15) is 38.8 Å². The molecule has 0 bridgehead atoms. The van der Waals surface area contributed by atoms with Crippen LogP contribution in [0.25, 0.3) is 0 Å². The van der Waals surface area contributed by atoms with Gasteiger partial charge in [0.05, 0.1) is 6.04 Å². The zero-order chi connectivity index (χ0) is 14.6. The maximum atomic E-state index is 12.0. The number of carbonyl (C=O) groups is 1. The molecule has 2 rings (SSSR count). The van der Waals surface area contributed by atoms with Gasteiger partial charge in [0.25, 0.3) is 0 Å². The van der Waals surface area contributed by atoms with Gasteiger partial charge in [-0.15, -0.1) is 0 Å². The molecule has 0 aromatic heterocycles. The second-order valence-electron chi connectivity index (χ2n) is 6.29. The monoisotopic (exact) mass is 276 g/mol. The molecular weight excluding hydrogens is 252 g/mol. The van der Waals surface area contributed by atoms with E-state index in [2.05, 4.69) is 22.8 Å². The largest absolute Gasteiger partial charge is 0.444 e. The first-order valence-electron chi connectivity index (χ1n) is 7.21. The Hall–Kier alpha value is -1.55. The molecule has 0 saturated carbocycles. The summed E-state index contributed by atoms with van der Waals surface area (Å²) in [4.78, 5) is 12.0. The number of alkyl carbamates (subject to hydrolysis) is 1. The van der Waals surface area contributed by atoms with Gasteiger partial charge in [0.15, 0.2) is 0 Å². The van der Waals surface area contributed by atoms with Crippen LogP contribution < -0.4 is 10.6 Å². The van der Waals surface area contributed by atoms with Crippen molar-refractivity contribution in [2.24, 2.45) is 5.92 Å². The van der Waals surface area contributed by atoms with Gasteiger partial charge in [-0.2, -0.15) is 0 Å². The van der Waals surface area contributed by atoms with Crippen LogP contribution in [0, 0.1) is 5.92 Å². The Morgan fingerprint density at radius 2 is 2.05 bits per heavy atom. The van der Waals surface area contributed by atoms with Gasteiger partial charge in [-0.3, -0.25) is 0 Å². The maximum Gasteiger partial charge on any atom is 0.408 e. The summed E-state index contributed by atoms with van der Waals surface area (Å²) < 4.78 is 5.38. The molecule has 4 heteroatoms. The van der Waals surface area contributed by atoms with Crippen LogP contribution in [0.15, 0.2) is 30.3 Å². The van der Waals surface area contributed by atoms with Crippen molar-refractivity contribution in [3.8, 4) is 0 Å². The third-order valence-electron chi connectivity index (χ3n) is 3.40. The van der Waals surface area contributed by atoms with Crippen molar-refractivity contribution in [1.29, 1.82) is 0 Å². The molecule has 4 nitrogen and oxygen atoms in total. The molecule has 1 aliphatic heterocycles. The first kappa shape index (κ1) is 14.9. The van der Waals surface area contributed by atoms with Gasteiger partial charge in [-0.05, 0) is 45.2 Å². The van der Waals surface area contributed by atoms with E-state index in [9.17, 15) is 4.79 Å². The lowest BCUT2D eigenvalue weighted by atomic mass is 9.92. The molecule has 0 aliphatic carbocycles. The summed E-state index contributed by atoms with van der Waals surface area (Å²) in [5, 5.41) is 6.38. The highest BCUT2D eigenvalue weighted by Crippen LogP contribution is 2.27. The van der Waals surface area contributed by atoms with Crippen LogP contribution in [0.2, 0.25) is 0 Å². The van der Waals surface area contributed by atoms with E-state index in [0.717, 1.165) is 25.1 Å². The van der Waals surface area contributed by atoms with E-state index < -0.39 is 5.60 Å². The van der Waals surface area contributed by atoms with E-state index in [4.69, 9.17) is 4.74 Å². The topological polar surface area (TPSA) is 50.4 Å². The lowest BCUT2D eigenvalue weighted by Crippen LogP contribution is -2.38. The van der Waals surface area contributed by atoms with Gasteiger partial charge >= 0.3 is 6.09 Å². The summed E-state index contributed by atoms with van der Waals surface area (Å²) >= 11 is 0. The number of nitrogens with one attached hydrogen (secondary N) is 2. The number of benzene rings is 1. The zero-order valence-corrected chi connectivity index (χ0v) is 12.5. The minimum Gasteiger partial charge on any atom is -0.444 e. The lowest BCUT2D eigenvalue weighted by Gasteiger charge is -2.27. The Kier molecular flexibility index (Phi) is 4.65. The molecule has 1 aliphatic rings. The standard InChI is InChI=1S/C16H24N2O2/c1-16(2,3)20-15(19)18-14(13-9-10-17-11-13)12-7-5-4-6-8-12/h4-8,13-14,17H,9-11H2,1-3H3,(H,18,19)/t13-,14-/m1/s1. The van der Waals surface area contributed by atoms with Crippen molar-refractivity contribution in [2.45, 2.75) is 38.8 Å². The number of hydrogen-bond acceptors (Lipinski definition) is 3. The Morgan fingerprint density at radius 1 is 1.35 bits per heavy atom. The van der Waals surface area contributed by atoms with Gasteiger partial charge in [-0.1, -0.05) is 30.3 Å². The summed E-state index contributed by atoms with van der Waals surface area (Å²) in [6, 6.07) is 10.1. The highest BCUT2D eigenvalue weighted by Gasteiger charge is 2.29. The zero-order valence-electron chi connectivity index (χ0n) is 12.5. The van der Waals surface area contributed by atoms with Gasteiger partial charge in [-0.25, -0.2) is 4.79 Å². The second kappa shape index (κ2) is 6.27. The van der Waals surface area contributed by atoms with Crippen molar-refractivity contribution >= 4 is 6.09 Å². The summed E-state index contributed by atoms with van der Waals surface area (Å²) in [7, 11) is 0. The highest BCUT2D eigenvalue weighted by molar-refractivity contribution is 5.68. The molecule has 2 N–H and O–H groups in total. The predicted octanol–water partition coefficient (Wildman–Crippen LogP) is 2.86. The molecular formula is C16H24N2O2. The molecule has 0 unspecified atom stereocenters. The molecule has 1 aromatic carbocycles. The highest BCUT2D eigenvalue weighted by atomic mass is 16.6. The summed E-state index contributed by atoms with van der Waals surface area (Å²) in [5.41, 5.74) is 0.659. The maximum absolute atomic E-state index is 12.0. The van der Waals surface area contributed by atoms with Crippen molar-refractivity contribution in [3.05, 3.63) is 35.9 Å². The summed E-state index contributed by atoms with van der Waals surface area (Å²) in [6.45, 7) is 7.56. The Morgan fingerprint density at radius 3 is 2.60 bits per heavy atom. The predicted molar refractivity (Wildman–Crippen MR) is 79.5 cm³/mol. The summed E-state index contributed by atoms with van der Waals surface area (Å²) in [6.07, 6.45) is 0.716. The van der Waals surface area contributed by atoms with Crippen molar-refractivity contribution in [3.63, 3.8) is 0 Å². The Labute approximate surface area is 120 Å². The van der Waals surface area contributed by atoms with Crippen LogP contribution in [0.5, 0.6) is 0 Å². The van der Waals surface area contributed by atoms with Crippen molar-refractivity contribution < 1.29 is 9.53 Å². The molecule has 0 spiro atoms. The molecule has 1 fully saturated rings. The number of carbonyl (C=O) groups excluding carboxylic acids is 1. The molecule has 2 atom stereocenters. The second-order valence-corrected chi connectivity index (χ2v) is 6.29. The van der Waals surface area contributed by atoms with E-state index in [1.165, 1.54) is 0 Å². The van der Waals surface area contributed by atoms with E-state index in [0.29, 0.717) is 5.92 Å². The Bertz CT molecular complexity index is 434. The average molecular weight is 276 g/mol. The van der Waals surface area contributed by atoms with Crippen LogP contribution >= 0.6 is 0 Å². The third kappa shape index (κ3) is 4.23. The molecule has 0 radical (unpaired) electrons. The van der Waals surface area contributed by atoms with E-state index in [-0.39, 0.29) is 12.1 Å². The van der Waals surface area contributed by atoms with Crippen molar-refractivity contribution in [1.82, 2.24) is 10.6 Å². The Balaban J connectivity index is 2.09. The number of ether oxygens (including phenoxy) is 1. The molecule has 1 saturated heterocycles. The van der Waals surface area contributed by atoms with Crippen LogP contribution in [0.3, 0.4) is 0 Å². The normalized spacial score (nSPS) is 20.4. The molecule has 1 heterocycles. The fraction of sp³-hybridized carbons (Fsp3) is 0.562. The molecule has 20 heavy (non-hydrogen) atoms. The van der Waals surface area contributed by atoms with Crippen LogP contribution in [0.4, 0.5) is 4.79 Å². The van der Waals surface area contributed by atoms with E-state index >= 15 is 0 Å². The first-order valence-corrected chi connectivity index (χ1v) is 7.21. The number of hydrogen-bond donors (Lipinski definition) is 2.